The maximum atomic E-state index is 14.4. The van der Waals surface area contributed by atoms with Crippen molar-refractivity contribution in [2.75, 3.05) is 45.2 Å². The molecule has 0 unspecified atom stereocenters. The molecule has 1 aliphatic heterocycles. The number of amides is 1. The van der Waals surface area contributed by atoms with E-state index in [1.165, 1.54) is 12.7 Å². The van der Waals surface area contributed by atoms with Crippen LogP contribution in [0, 0.1) is 0 Å². The number of aromatic nitrogens is 1. The average molecular weight is 531 g/mol. The number of nitrogens with one attached hydrogen (secondary N) is 2. The molecule has 0 saturated heterocycles. The number of alkyl carbamates (subject to hydrolysis) is 1. The summed E-state index contributed by atoms with van der Waals surface area (Å²) in [7, 11) is 1.45. The predicted molar refractivity (Wildman–Crippen MR) is 143 cm³/mol. The molecule has 0 aliphatic carbocycles. The van der Waals surface area contributed by atoms with Gasteiger partial charge in [0, 0.05) is 32.4 Å². The Morgan fingerprint density at radius 2 is 2.00 bits per heavy atom. The first-order valence-electron chi connectivity index (χ1n) is 13.2. The minimum absolute atomic E-state index is 0.0328. The molecule has 2 heterocycles. The number of aliphatic carboxylic acids is 1. The molecule has 1 aliphatic rings. The van der Waals surface area contributed by atoms with Crippen molar-refractivity contribution in [1.82, 2.24) is 15.2 Å². The molecule has 208 valence electrons. The molecular weight excluding hydrogens is 491 g/mol. The van der Waals surface area contributed by atoms with Crippen molar-refractivity contribution in [2.24, 2.45) is 0 Å². The maximum Gasteiger partial charge on any atom is 0.408 e. The zero-order chi connectivity index (χ0) is 27.2. The fourth-order valence-electron chi connectivity index (χ4n) is 4.43. The van der Waals surface area contributed by atoms with E-state index in [0.717, 1.165) is 55.7 Å². The molecule has 38 heavy (non-hydrogen) atoms. The van der Waals surface area contributed by atoms with Gasteiger partial charge in [-0.05, 0) is 62.3 Å². The molecule has 0 spiro atoms. The summed E-state index contributed by atoms with van der Waals surface area (Å²) in [5.74, 6) is -0.188. The normalized spacial score (nSPS) is 14.3. The number of benzene rings is 1. The first-order valence-corrected chi connectivity index (χ1v) is 13.2. The van der Waals surface area contributed by atoms with Crippen molar-refractivity contribution in [2.45, 2.75) is 57.3 Å². The number of hydrogen-bond donors (Lipinski definition) is 3. The van der Waals surface area contributed by atoms with Gasteiger partial charge >= 0.3 is 12.1 Å². The number of halogens is 1. The number of pyridine rings is 1. The van der Waals surface area contributed by atoms with Crippen molar-refractivity contribution in [3.05, 3.63) is 59.3 Å². The Labute approximate surface area is 223 Å². The van der Waals surface area contributed by atoms with Gasteiger partial charge in [0.1, 0.15) is 24.6 Å². The number of rotatable bonds is 16. The molecule has 0 saturated carbocycles. The van der Waals surface area contributed by atoms with Crippen LogP contribution in [0.25, 0.3) is 0 Å². The summed E-state index contributed by atoms with van der Waals surface area (Å²) < 4.78 is 24.4. The molecule has 1 amide bonds. The highest BCUT2D eigenvalue weighted by Gasteiger charge is 2.23. The number of carboxylic acids is 1. The highest BCUT2D eigenvalue weighted by atomic mass is 19.1. The highest BCUT2D eigenvalue weighted by molar-refractivity contribution is 5.79. The standard InChI is InChI=1S/C28H39FN4O5/c1-37-20-23(29)18-33(16-6-5-11-24-13-12-22-10-7-15-30-26(22)31-24)17-14-25(27(34)35)32-28(36)38-19-21-8-3-2-4-9-21/h2-4,8-9,12-13,23,25H,5-7,10-11,14-20H2,1H3,(H,30,31)(H,32,36)(H,34,35)/t23-,25-/m0/s1. The van der Waals surface area contributed by atoms with E-state index in [2.05, 4.69) is 22.8 Å². The first-order chi connectivity index (χ1) is 18.4. The van der Waals surface area contributed by atoms with Crippen LogP contribution in [0.15, 0.2) is 42.5 Å². The Balaban J connectivity index is 1.47. The Morgan fingerprint density at radius 1 is 1.18 bits per heavy atom. The SMILES string of the molecule is COC[C@@H](F)CN(CCCCc1ccc2c(n1)NCCC2)CC[C@H](NC(=O)OCc1ccccc1)C(=O)O. The van der Waals surface area contributed by atoms with E-state index in [1.807, 2.05) is 35.2 Å². The van der Waals surface area contributed by atoms with Gasteiger partial charge in [-0.3, -0.25) is 0 Å². The number of ether oxygens (including phenoxy) is 2. The smallest absolute Gasteiger partial charge is 0.408 e. The van der Waals surface area contributed by atoms with Crippen LogP contribution in [-0.2, 0) is 33.7 Å². The molecule has 3 N–H and O–H groups in total. The summed E-state index contributed by atoms with van der Waals surface area (Å²) in [6.45, 7) is 1.98. The van der Waals surface area contributed by atoms with Crippen LogP contribution in [0.5, 0.6) is 0 Å². The van der Waals surface area contributed by atoms with Crippen LogP contribution in [0.1, 0.15) is 42.5 Å². The summed E-state index contributed by atoms with van der Waals surface area (Å²) in [5.41, 5.74) is 3.08. The van der Waals surface area contributed by atoms with Crippen LogP contribution >= 0.6 is 0 Å². The largest absolute Gasteiger partial charge is 0.480 e. The van der Waals surface area contributed by atoms with Crippen molar-refractivity contribution in [1.29, 1.82) is 0 Å². The van der Waals surface area contributed by atoms with Crippen LogP contribution < -0.4 is 10.6 Å². The number of fused-ring (bicyclic) bond motifs is 1. The minimum Gasteiger partial charge on any atom is -0.480 e. The minimum atomic E-state index is -1.19. The molecule has 0 fully saturated rings. The number of carbonyl (C=O) groups is 2. The molecule has 3 rings (SSSR count). The van der Waals surface area contributed by atoms with Crippen molar-refractivity contribution >= 4 is 17.9 Å². The van der Waals surface area contributed by atoms with Gasteiger partial charge in [-0.15, -0.1) is 0 Å². The quantitative estimate of drug-likeness (QED) is 0.281. The van der Waals surface area contributed by atoms with Crippen molar-refractivity contribution in [3.63, 3.8) is 0 Å². The van der Waals surface area contributed by atoms with Crippen LogP contribution in [0.3, 0.4) is 0 Å². The molecule has 0 bridgehead atoms. The second-order valence-electron chi connectivity index (χ2n) is 9.54. The van der Waals surface area contributed by atoms with E-state index in [9.17, 15) is 19.1 Å². The maximum absolute atomic E-state index is 14.4. The molecule has 0 radical (unpaired) electrons. The van der Waals surface area contributed by atoms with Crippen molar-refractivity contribution in [3.8, 4) is 0 Å². The number of alkyl halides is 1. The van der Waals surface area contributed by atoms with Crippen LogP contribution in [0.4, 0.5) is 15.0 Å². The van der Waals surface area contributed by atoms with E-state index >= 15 is 0 Å². The number of hydrogen-bond acceptors (Lipinski definition) is 7. The Morgan fingerprint density at radius 3 is 2.76 bits per heavy atom. The molecule has 10 heteroatoms. The van der Waals surface area contributed by atoms with E-state index in [1.54, 1.807) is 0 Å². The fourth-order valence-corrected chi connectivity index (χ4v) is 4.43. The number of anilines is 1. The van der Waals surface area contributed by atoms with Gasteiger partial charge in [0.05, 0.1) is 6.61 Å². The highest BCUT2D eigenvalue weighted by Crippen LogP contribution is 2.20. The summed E-state index contributed by atoms with van der Waals surface area (Å²) in [6, 6.07) is 12.2. The lowest BCUT2D eigenvalue weighted by Gasteiger charge is -2.25. The molecule has 9 nitrogen and oxygen atoms in total. The number of methoxy groups -OCH3 is 1. The lowest BCUT2D eigenvalue weighted by molar-refractivity contribution is -0.139. The second kappa shape index (κ2) is 15.9. The van der Waals surface area contributed by atoms with Gasteiger partial charge in [0.2, 0.25) is 0 Å². The van der Waals surface area contributed by atoms with Crippen LogP contribution in [0.2, 0.25) is 0 Å². The zero-order valence-corrected chi connectivity index (χ0v) is 22.0. The number of nitrogens with zero attached hydrogens (tertiary/aromatic N) is 2. The third-order valence-corrected chi connectivity index (χ3v) is 6.45. The average Bonchev–Trinajstić information content (AvgIpc) is 2.92. The van der Waals surface area contributed by atoms with Crippen molar-refractivity contribution < 1.29 is 28.6 Å². The Hall–Kier alpha value is -3.24. The first kappa shape index (κ1) is 29.3. The summed E-state index contributed by atoms with van der Waals surface area (Å²) in [5, 5.41) is 15.4. The van der Waals surface area contributed by atoms with Gasteiger partial charge in [-0.2, -0.15) is 0 Å². The zero-order valence-electron chi connectivity index (χ0n) is 22.0. The third kappa shape index (κ3) is 10.3. The van der Waals surface area contributed by atoms with Gasteiger partial charge in [-0.1, -0.05) is 36.4 Å². The van der Waals surface area contributed by atoms with Crippen LogP contribution in [-0.4, -0.2) is 79.2 Å². The predicted octanol–water partition coefficient (Wildman–Crippen LogP) is 3.82. The number of carbonyl (C=O) groups excluding carboxylic acids is 1. The van der Waals surface area contributed by atoms with E-state index in [0.29, 0.717) is 13.1 Å². The third-order valence-electron chi connectivity index (χ3n) is 6.45. The molecular formula is C28H39FN4O5. The monoisotopic (exact) mass is 530 g/mol. The molecule has 2 atom stereocenters. The lowest BCUT2D eigenvalue weighted by Crippen LogP contribution is -2.44. The summed E-state index contributed by atoms with van der Waals surface area (Å²) in [4.78, 5) is 30.6. The second-order valence-corrected chi connectivity index (χ2v) is 9.54. The molecule has 1 aromatic heterocycles. The lowest BCUT2D eigenvalue weighted by atomic mass is 10.1. The molecule has 2 aromatic rings. The van der Waals surface area contributed by atoms with E-state index < -0.39 is 24.3 Å². The Kier molecular flexibility index (Phi) is 12.3. The number of aryl methyl sites for hydroxylation is 2. The molecule has 1 aromatic carbocycles. The van der Waals surface area contributed by atoms with Gasteiger partial charge < -0.3 is 30.1 Å². The van der Waals surface area contributed by atoms with Gasteiger partial charge in [0.15, 0.2) is 0 Å². The Bertz CT molecular complexity index is 1010. The topological polar surface area (TPSA) is 113 Å². The number of unbranched alkanes of at least 4 members (excludes halogenated alkanes) is 1. The van der Waals surface area contributed by atoms with E-state index in [-0.39, 0.29) is 26.2 Å². The fraction of sp³-hybridized carbons (Fsp3) is 0.536. The summed E-state index contributed by atoms with van der Waals surface area (Å²) in [6.07, 6.45) is 2.78. The van der Waals surface area contributed by atoms with E-state index in [4.69, 9.17) is 14.5 Å². The summed E-state index contributed by atoms with van der Waals surface area (Å²) >= 11 is 0. The van der Waals surface area contributed by atoms with Gasteiger partial charge in [-0.25, -0.2) is 19.0 Å². The van der Waals surface area contributed by atoms with Gasteiger partial charge in [0.25, 0.3) is 0 Å². The number of carboxylic acid groups (broad SMARTS) is 1.